The third kappa shape index (κ3) is 4.06. The topological polar surface area (TPSA) is 58.6 Å². The van der Waals surface area contributed by atoms with Gasteiger partial charge in [-0.3, -0.25) is 4.21 Å². The Hall–Kier alpha value is -0.620. The molecule has 0 bridgehead atoms. The van der Waals surface area contributed by atoms with Gasteiger partial charge in [-0.2, -0.15) is 0 Å². The van der Waals surface area contributed by atoms with Crippen LogP contribution in [0.2, 0.25) is 0 Å². The molecular formula is C8H16N2O3S. The fourth-order valence-electron chi connectivity index (χ4n) is 1.18. The minimum Gasteiger partial charge on any atom is -0.378 e. The highest BCUT2D eigenvalue weighted by Gasteiger charge is 2.15. The Balaban J connectivity index is 2.16. The number of amides is 2. The number of rotatable bonds is 3. The molecule has 1 N–H and O–H groups in total. The first-order valence-electron chi connectivity index (χ1n) is 4.60. The first-order chi connectivity index (χ1) is 6.70. The molecule has 1 fully saturated rings. The summed E-state index contributed by atoms with van der Waals surface area (Å²) in [6.45, 7) is 2.96. The molecule has 1 rings (SSSR count). The number of nitrogens with zero attached hydrogens (tertiary/aromatic N) is 1. The lowest BCUT2D eigenvalue weighted by molar-refractivity contribution is 0.0533. The van der Waals surface area contributed by atoms with Crippen molar-refractivity contribution in [2.75, 3.05) is 44.9 Å². The van der Waals surface area contributed by atoms with Gasteiger partial charge in [-0.15, -0.1) is 0 Å². The van der Waals surface area contributed by atoms with Crippen molar-refractivity contribution < 1.29 is 13.7 Å². The molecule has 0 radical (unpaired) electrons. The van der Waals surface area contributed by atoms with E-state index in [2.05, 4.69) is 5.32 Å². The second-order valence-electron chi connectivity index (χ2n) is 3.11. The Kier molecular flexibility index (Phi) is 4.89. The second-order valence-corrected chi connectivity index (χ2v) is 4.66. The van der Waals surface area contributed by atoms with Gasteiger partial charge in [0.15, 0.2) is 0 Å². The summed E-state index contributed by atoms with van der Waals surface area (Å²) >= 11 is 0. The van der Waals surface area contributed by atoms with Crippen LogP contribution in [0.5, 0.6) is 0 Å². The average molecular weight is 220 g/mol. The van der Waals surface area contributed by atoms with Gasteiger partial charge in [0.25, 0.3) is 0 Å². The van der Waals surface area contributed by atoms with Gasteiger partial charge in [0, 0.05) is 42.4 Å². The predicted octanol–water partition coefficient (Wildman–Crippen LogP) is -0.593. The van der Waals surface area contributed by atoms with E-state index in [1.807, 2.05) is 0 Å². The average Bonchev–Trinajstić information content (AvgIpc) is 2.18. The molecule has 0 aromatic carbocycles. The number of carbonyl (C=O) groups is 1. The lowest BCUT2D eigenvalue weighted by atomic mass is 10.4. The number of hydrogen-bond acceptors (Lipinski definition) is 3. The molecule has 1 unspecified atom stereocenters. The highest BCUT2D eigenvalue weighted by molar-refractivity contribution is 7.84. The predicted molar refractivity (Wildman–Crippen MR) is 54.7 cm³/mol. The Morgan fingerprint density at radius 2 is 2.14 bits per heavy atom. The summed E-state index contributed by atoms with van der Waals surface area (Å²) in [6, 6.07) is -0.0845. The Morgan fingerprint density at radius 3 is 2.71 bits per heavy atom. The smallest absolute Gasteiger partial charge is 0.317 e. The standard InChI is InChI=1S/C8H16N2O3S/c1-14(12)7-2-9-8(11)10-3-5-13-6-4-10/h2-7H2,1H3,(H,9,11). The normalized spacial score (nSPS) is 19.1. The van der Waals surface area contributed by atoms with Gasteiger partial charge >= 0.3 is 6.03 Å². The molecule has 1 aliphatic heterocycles. The molecule has 14 heavy (non-hydrogen) atoms. The van der Waals surface area contributed by atoms with Crippen LogP contribution in [0, 0.1) is 0 Å². The van der Waals surface area contributed by atoms with Crippen LogP contribution in [0.15, 0.2) is 0 Å². The van der Waals surface area contributed by atoms with Crippen LogP contribution in [0.4, 0.5) is 4.79 Å². The zero-order valence-corrected chi connectivity index (χ0v) is 9.14. The minimum atomic E-state index is -0.845. The third-order valence-corrected chi connectivity index (χ3v) is 2.74. The van der Waals surface area contributed by atoms with E-state index in [0.717, 1.165) is 0 Å². The van der Waals surface area contributed by atoms with E-state index >= 15 is 0 Å². The molecule has 5 nitrogen and oxygen atoms in total. The Labute approximate surface area is 86.2 Å². The third-order valence-electron chi connectivity index (χ3n) is 1.96. The van der Waals surface area contributed by atoms with Crippen LogP contribution < -0.4 is 5.32 Å². The van der Waals surface area contributed by atoms with Crippen molar-refractivity contribution in [2.45, 2.75) is 0 Å². The number of urea groups is 1. The molecule has 6 heteroatoms. The van der Waals surface area contributed by atoms with Gasteiger partial charge in [0.05, 0.1) is 13.2 Å². The number of carbonyl (C=O) groups excluding carboxylic acids is 1. The molecule has 0 spiro atoms. The molecule has 0 aliphatic carbocycles. The maximum Gasteiger partial charge on any atom is 0.317 e. The zero-order chi connectivity index (χ0) is 10.4. The van der Waals surface area contributed by atoms with Crippen LogP contribution in [-0.2, 0) is 15.5 Å². The monoisotopic (exact) mass is 220 g/mol. The molecule has 82 valence electrons. The summed E-state index contributed by atoms with van der Waals surface area (Å²) in [5, 5.41) is 2.72. The first kappa shape index (κ1) is 11.5. The summed E-state index contributed by atoms with van der Waals surface area (Å²) in [6.07, 6.45) is 1.63. The van der Waals surface area contributed by atoms with E-state index in [-0.39, 0.29) is 6.03 Å². The minimum absolute atomic E-state index is 0.0845. The fourth-order valence-corrected chi connectivity index (χ4v) is 1.57. The first-order valence-corrected chi connectivity index (χ1v) is 6.33. The number of hydrogen-bond donors (Lipinski definition) is 1. The molecule has 0 aromatic heterocycles. The van der Waals surface area contributed by atoms with Gasteiger partial charge in [-0.05, 0) is 0 Å². The van der Waals surface area contributed by atoms with Crippen molar-refractivity contribution in [3.05, 3.63) is 0 Å². The summed E-state index contributed by atoms with van der Waals surface area (Å²) in [7, 11) is -0.845. The summed E-state index contributed by atoms with van der Waals surface area (Å²) in [4.78, 5) is 13.2. The van der Waals surface area contributed by atoms with Crippen LogP contribution >= 0.6 is 0 Å². The zero-order valence-electron chi connectivity index (χ0n) is 8.32. The maximum atomic E-state index is 11.4. The van der Waals surface area contributed by atoms with Crippen molar-refractivity contribution >= 4 is 16.8 Å². The lowest BCUT2D eigenvalue weighted by Crippen LogP contribution is -2.46. The van der Waals surface area contributed by atoms with Crippen LogP contribution in [0.1, 0.15) is 0 Å². The van der Waals surface area contributed by atoms with Gasteiger partial charge in [-0.1, -0.05) is 0 Å². The molecular weight excluding hydrogens is 204 g/mol. The highest BCUT2D eigenvalue weighted by atomic mass is 32.2. The van der Waals surface area contributed by atoms with E-state index in [9.17, 15) is 9.00 Å². The fraction of sp³-hybridized carbons (Fsp3) is 0.875. The highest BCUT2D eigenvalue weighted by Crippen LogP contribution is 1.96. The summed E-state index contributed by atoms with van der Waals surface area (Å²) in [5.41, 5.74) is 0. The number of nitrogens with one attached hydrogen (secondary N) is 1. The van der Waals surface area contributed by atoms with E-state index in [1.165, 1.54) is 0 Å². The van der Waals surface area contributed by atoms with Crippen molar-refractivity contribution in [1.82, 2.24) is 10.2 Å². The van der Waals surface area contributed by atoms with Gasteiger partial charge in [0.1, 0.15) is 0 Å². The maximum absolute atomic E-state index is 11.4. The molecule has 1 aliphatic rings. The van der Waals surface area contributed by atoms with Crippen LogP contribution in [-0.4, -0.2) is 60.0 Å². The van der Waals surface area contributed by atoms with Crippen LogP contribution in [0.3, 0.4) is 0 Å². The summed E-state index contributed by atoms with van der Waals surface area (Å²) in [5.74, 6) is 0.510. The van der Waals surface area contributed by atoms with Gasteiger partial charge in [0.2, 0.25) is 0 Å². The van der Waals surface area contributed by atoms with Crippen molar-refractivity contribution in [2.24, 2.45) is 0 Å². The van der Waals surface area contributed by atoms with Gasteiger partial charge < -0.3 is 15.0 Å². The van der Waals surface area contributed by atoms with E-state index in [4.69, 9.17) is 4.74 Å². The quantitative estimate of drug-likeness (QED) is 0.691. The lowest BCUT2D eigenvalue weighted by Gasteiger charge is -2.26. The Bertz CT molecular complexity index is 217. The van der Waals surface area contributed by atoms with Crippen molar-refractivity contribution in [1.29, 1.82) is 0 Å². The molecule has 0 saturated carbocycles. The van der Waals surface area contributed by atoms with Crippen molar-refractivity contribution in [3.8, 4) is 0 Å². The molecule has 1 atom stereocenters. The van der Waals surface area contributed by atoms with Crippen LogP contribution in [0.25, 0.3) is 0 Å². The summed E-state index contributed by atoms with van der Waals surface area (Å²) < 4.78 is 15.8. The largest absolute Gasteiger partial charge is 0.378 e. The molecule has 1 heterocycles. The van der Waals surface area contributed by atoms with Crippen molar-refractivity contribution in [3.63, 3.8) is 0 Å². The van der Waals surface area contributed by atoms with E-state index in [0.29, 0.717) is 38.6 Å². The Morgan fingerprint density at radius 1 is 1.50 bits per heavy atom. The molecule has 0 aromatic rings. The van der Waals surface area contributed by atoms with E-state index in [1.54, 1.807) is 11.2 Å². The number of ether oxygens (including phenoxy) is 1. The van der Waals surface area contributed by atoms with Gasteiger partial charge in [-0.25, -0.2) is 4.79 Å². The van der Waals surface area contributed by atoms with E-state index < -0.39 is 10.8 Å². The SMILES string of the molecule is CS(=O)CCNC(=O)N1CCOCC1. The molecule has 2 amide bonds. The molecule has 1 saturated heterocycles. The second kappa shape index (κ2) is 5.98. The number of morpholine rings is 1.